The Balaban J connectivity index is 1.52. The average molecular weight is 558 g/mol. The van der Waals surface area contributed by atoms with Crippen LogP contribution >= 0.6 is 22.7 Å². The molecule has 3 aromatic heterocycles. The molecule has 11 heteroatoms. The Morgan fingerprint density at radius 3 is 2.70 bits per heavy atom. The summed E-state index contributed by atoms with van der Waals surface area (Å²) in [5, 5.41) is 6.89. The molecule has 8 nitrogen and oxygen atoms in total. The molecule has 1 aliphatic rings. The van der Waals surface area contributed by atoms with E-state index in [2.05, 4.69) is 25.0 Å². The van der Waals surface area contributed by atoms with E-state index in [1.54, 1.807) is 22.4 Å². The van der Waals surface area contributed by atoms with Gasteiger partial charge in [-0.3, -0.25) is 14.4 Å². The van der Waals surface area contributed by atoms with E-state index in [1.807, 2.05) is 36.7 Å². The van der Waals surface area contributed by atoms with E-state index < -0.39 is 16.1 Å². The number of fused-ring (bicyclic) bond motifs is 1. The molecular formula is C26H31N5O3S3. The molecule has 0 bridgehead atoms. The number of thiophene rings is 1. The molecule has 1 aromatic carbocycles. The van der Waals surface area contributed by atoms with Crippen LogP contribution in [-0.4, -0.2) is 52.5 Å². The van der Waals surface area contributed by atoms with E-state index in [4.69, 9.17) is 4.98 Å². The number of carbonyl (C=O) groups excluding carboxylic acids is 1. The van der Waals surface area contributed by atoms with E-state index in [9.17, 15) is 13.2 Å². The van der Waals surface area contributed by atoms with Gasteiger partial charge in [0.05, 0.1) is 22.5 Å². The lowest BCUT2D eigenvalue weighted by Crippen LogP contribution is -2.48. The Hall–Kier alpha value is -2.60. The summed E-state index contributed by atoms with van der Waals surface area (Å²) in [6.45, 7) is 9.37. The number of benzene rings is 1. The topological polar surface area (TPSA) is 88.4 Å². The van der Waals surface area contributed by atoms with Crippen LogP contribution in [0.4, 0.5) is 5.13 Å². The van der Waals surface area contributed by atoms with Gasteiger partial charge in [0.1, 0.15) is 10.3 Å². The number of nitrogens with zero attached hydrogens (tertiary/aromatic N) is 5. The number of hydrogen-bond acceptors (Lipinski definition) is 7. The predicted molar refractivity (Wildman–Crippen MR) is 149 cm³/mol. The number of carbonyl (C=O) groups is 1. The fourth-order valence-corrected chi connectivity index (χ4v) is 8.72. The van der Waals surface area contributed by atoms with Crippen molar-refractivity contribution < 1.29 is 13.2 Å². The maximum Gasteiger partial charge on any atom is 0.253 e. The van der Waals surface area contributed by atoms with Crippen molar-refractivity contribution in [3.05, 3.63) is 58.7 Å². The highest BCUT2D eigenvalue weighted by Crippen LogP contribution is 2.36. The summed E-state index contributed by atoms with van der Waals surface area (Å²) in [7, 11) is -3.75. The van der Waals surface area contributed by atoms with Crippen molar-refractivity contribution >= 4 is 54.0 Å². The van der Waals surface area contributed by atoms with Crippen molar-refractivity contribution in [1.29, 1.82) is 0 Å². The molecule has 1 fully saturated rings. The largest absolute Gasteiger partial charge is 0.285 e. The first-order valence-electron chi connectivity index (χ1n) is 12.4. The number of rotatable bonds is 8. The van der Waals surface area contributed by atoms with Crippen LogP contribution in [0.25, 0.3) is 10.2 Å². The maximum atomic E-state index is 14.1. The number of amides is 1. The second-order valence-corrected chi connectivity index (χ2v) is 13.8. The molecule has 4 heterocycles. The molecule has 0 aliphatic carbocycles. The lowest BCUT2D eigenvalue weighted by atomic mass is 10.0. The Kier molecular flexibility index (Phi) is 7.23. The number of para-hydroxylation sites is 1. The molecule has 4 aromatic rings. The van der Waals surface area contributed by atoms with E-state index in [-0.39, 0.29) is 10.1 Å². The summed E-state index contributed by atoms with van der Waals surface area (Å²) in [6.07, 6.45) is 1.13. The van der Waals surface area contributed by atoms with E-state index in [0.717, 1.165) is 27.2 Å². The van der Waals surface area contributed by atoms with Gasteiger partial charge in [-0.2, -0.15) is 9.40 Å². The van der Waals surface area contributed by atoms with Gasteiger partial charge in [-0.1, -0.05) is 43.4 Å². The monoisotopic (exact) mass is 557 g/mol. The van der Waals surface area contributed by atoms with E-state index in [1.165, 1.54) is 27.0 Å². The van der Waals surface area contributed by atoms with E-state index >= 15 is 0 Å². The number of aromatic nitrogens is 3. The van der Waals surface area contributed by atoms with Crippen molar-refractivity contribution in [2.75, 3.05) is 18.0 Å². The molecule has 37 heavy (non-hydrogen) atoms. The molecule has 0 N–H and O–H groups in total. The first-order valence-corrected chi connectivity index (χ1v) is 15.6. The zero-order chi connectivity index (χ0) is 26.3. The minimum atomic E-state index is -3.75. The van der Waals surface area contributed by atoms with Gasteiger partial charge < -0.3 is 0 Å². The minimum absolute atomic E-state index is 0.232. The summed E-state index contributed by atoms with van der Waals surface area (Å²) in [5.74, 6) is 0.0584. The Labute approximate surface area is 225 Å². The van der Waals surface area contributed by atoms with Crippen LogP contribution < -0.4 is 4.90 Å². The molecule has 1 saturated heterocycles. The van der Waals surface area contributed by atoms with Gasteiger partial charge in [0.2, 0.25) is 5.91 Å². The fourth-order valence-electron chi connectivity index (χ4n) is 4.92. The Morgan fingerprint density at radius 1 is 1.22 bits per heavy atom. The third-order valence-electron chi connectivity index (χ3n) is 6.74. The van der Waals surface area contributed by atoms with Crippen LogP contribution in [0.3, 0.4) is 0 Å². The Bertz CT molecular complexity index is 1520. The van der Waals surface area contributed by atoms with Gasteiger partial charge in [0.15, 0.2) is 5.13 Å². The molecule has 1 unspecified atom stereocenters. The van der Waals surface area contributed by atoms with Crippen molar-refractivity contribution in [3.63, 3.8) is 0 Å². The first kappa shape index (κ1) is 26.0. The highest BCUT2D eigenvalue weighted by atomic mass is 32.2. The summed E-state index contributed by atoms with van der Waals surface area (Å²) < 4.78 is 31.3. The van der Waals surface area contributed by atoms with Crippen LogP contribution in [0.5, 0.6) is 0 Å². The van der Waals surface area contributed by atoms with Crippen LogP contribution in [0.2, 0.25) is 0 Å². The number of sulfonamides is 1. The fraction of sp³-hybridized carbons (Fsp3) is 0.423. The average Bonchev–Trinajstić information content (AvgIpc) is 3.65. The minimum Gasteiger partial charge on any atom is -0.285 e. The molecule has 1 amide bonds. The number of aryl methyl sites for hydroxylation is 2. The first-order chi connectivity index (χ1) is 17.7. The van der Waals surface area contributed by atoms with Crippen molar-refractivity contribution in [1.82, 2.24) is 19.1 Å². The third-order valence-corrected chi connectivity index (χ3v) is 11.1. The zero-order valence-corrected chi connectivity index (χ0v) is 23.9. The van der Waals surface area contributed by atoms with Gasteiger partial charge in [-0.05, 0) is 61.7 Å². The van der Waals surface area contributed by atoms with Crippen molar-refractivity contribution in [3.8, 4) is 0 Å². The summed E-state index contributed by atoms with van der Waals surface area (Å²) >= 11 is 2.65. The van der Waals surface area contributed by atoms with Crippen LogP contribution in [-0.2, 0) is 21.4 Å². The molecule has 0 radical (unpaired) electrons. The normalized spacial score (nSPS) is 16.7. The Morgan fingerprint density at radius 2 is 2.03 bits per heavy atom. The molecule has 0 saturated carbocycles. The van der Waals surface area contributed by atoms with Gasteiger partial charge in [0, 0.05) is 18.8 Å². The lowest BCUT2D eigenvalue weighted by molar-refractivity contribution is -0.121. The van der Waals surface area contributed by atoms with Gasteiger partial charge in [-0.15, -0.1) is 11.3 Å². The van der Waals surface area contributed by atoms with Gasteiger partial charge >= 0.3 is 0 Å². The van der Waals surface area contributed by atoms with Gasteiger partial charge in [-0.25, -0.2) is 13.4 Å². The molecule has 1 atom stereocenters. The van der Waals surface area contributed by atoms with Gasteiger partial charge in [0.25, 0.3) is 10.0 Å². The number of thiazole rings is 1. The van der Waals surface area contributed by atoms with E-state index in [0.29, 0.717) is 43.5 Å². The van der Waals surface area contributed by atoms with Crippen molar-refractivity contribution in [2.45, 2.75) is 63.3 Å². The van der Waals surface area contributed by atoms with Crippen LogP contribution in [0.15, 0.2) is 46.0 Å². The SMILES string of the molecule is Cc1cc(C)n(CCN(C(=O)C2CCCN2S(=O)(=O)c2cccs2)c2nc3c(C(C)C)cccc3s2)n1. The third kappa shape index (κ3) is 4.97. The van der Waals surface area contributed by atoms with Crippen molar-refractivity contribution in [2.24, 2.45) is 0 Å². The molecular weight excluding hydrogens is 527 g/mol. The van der Waals surface area contributed by atoms with Crippen LogP contribution in [0, 0.1) is 13.8 Å². The zero-order valence-electron chi connectivity index (χ0n) is 21.4. The summed E-state index contributed by atoms with van der Waals surface area (Å²) in [5.41, 5.74) is 3.96. The highest BCUT2D eigenvalue weighted by Gasteiger charge is 2.42. The maximum absolute atomic E-state index is 14.1. The summed E-state index contributed by atoms with van der Waals surface area (Å²) in [6, 6.07) is 10.7. The molecule has 196 valence electrons. The summed E-state index contributed by atoms with van der Waals surface area (Å²) in [4.78, 5) is 20.8. The number of hydrogen-bond donors (Lipinski definition) is 0. The quantitative estimate of drug-likeness (QED) is 0.298. The second kappa shape index (κ2) is 10.3. The smallest absolute Gasteiger partial charge is 0.253 e. The highest BCUT2D eigenvalue weighted by molar-refractivity contribution is 7.91. The lowest BCUT2D eigenvalue weighted by Gasteiger charge is -2.28. The predicted octanol–water partition coefficient (Wildman–Crippen LogP) is 5.18. The molecule has 5 rings (SSSR count). The van der Waals surface area contributed by atoms with Crippen LogP contribution in [0.1, 0.15) is 49.6 Å². The molecule has 0 spiro atoms. The molecule has 1 aliphatic heterocycles. The second-order valence-electron chi connectivity index (χ2n) is 9.69. The standard InChI is InChI=1S/C26H31N5O3S3/c1-17(2)20-8-5-10-22-24(20)27-26(36-22)29(13-14-30-19(4)16-18(3)28-30)25(32)21-9-6-12-31(21)37(33,34)23-11-7-15-35-23/h5,7-8,10-11,15-17,21H,6,9,12-14H2,1-4H3. The number of anilines is 1.